The molecule has 5 heteroatoms. The molecule has 166 valence electrons. The number of aromatic nitrogens is 2. The van der Waals surface area contributed by atoms with Crippen molar-refractivity contribution in [3.8, 4) is 17.5 Å². The first-order valence-electron chi connectivity index (χ1n) is 11.3. The van der Waals surface area contributed by atoms with Crippen molar-refractivity contribution in [1.82, 2.24) is 10.1 Å². The van der Waals surface area contributed by atoms with Gasteiger partial charge >= 0.3 is 0 Å². The Hall–Kier alpha value is -4.43. The molecule has 5 rings (SSSR count). The fourth-order valence-electron chi connectivity index (χ4n) is 4.16. The van der Waals surface area contributed by atoms with Gasteiger partial charge in [0.2, 0.25) is 11.7 Å². The molecule has 0 aliphatic heterocycles. The van der Waals surface area contributed by atoms with Gasteiger partial charge < -0.3 is 9.84 Å². The Labute approximate surface area is 198 Å². The van der Waals surface area contributed by atoms with Gasteiger partial charge in [-0.1, -0.05) is 65.8 Å². The Balaban J connectivity index is 1.38. The zero-order chi connectivity index (χ0) is 23.5. The fourth-order valence-corrected chi connectivity index (χ4v) is 4.16. The van der Waals surface area contributed by atoms with Gasteiger partial charge in [-0.2, -0.15) is 10.2 Å². The number of hydrogen-bond donors (Lipinski definition) is 1. The van der Waals surface area contributed by atoms with Gasteiger partial charge in [0.05, 0.1) is 17.6 Å². The predicted molar refractivity (Wildman–Crippen MR) is 134 cm³/mol. The average molecular weight is 445 g/mol. The van der Waals surface area contributed by atoms with Crippen molar-refractivity contribution in [3.05, 3.63) is 113 Å². The number of nitriles is 1. The third-order valence-corrected chi connectivity index (χ3v) is 6.16. The molecule has 0 amide bonds. The molecule has 0 saturated carbocycles. The summed E-state index contributed by atoms with van der Waals surface area (Å²) in [5.74, 6) is 1.16. The fraction of sp³-hybridized carbons (Fsp3) is 0.138. The van der Waals surface area contributed by atoms with Crippen LogP contribution in [0.2, 0.25) is 0 Å². The molecule has 0 saturated heterocycles. The van der Waals surface area contributed by atoms with E-state index in [1.54, 1.807) is 0 Å². The lowest BCUT2D eigenvalue weighted by Gasteiger charge is -2.11. The monoisotopic (exact) mass is 444 g/mol. The van der Waals surface area contributed by atoms with Crippen molar-refractivity contribution in [2.75, 3.05) is 5.32 Å². The van der Waals surface area contributed by atoms with Crippen molar-refractivity contribution in [1.29, 1.82) is 5.26 Å². The average Bonchev–Trinajstić information content (AvgIpc) is 3.38. The Morgan fingerprint density at radius 1 is 0.971 bits per heavy atom. The standard InChI is InChI=1S/C29H24N4O/c1-19-10-15-24(31-18-22-13-11-21(17-30)12-14-22)16-27(19)28-32-29(34-33-28)20(2)25-9-5-7-23-6-3-4-8-26(23)25/h3-16,20,31H,18H2,1-2H3. The third-order valence-electron chi connectivity index (χ3n) is 6.16. The van der Waals surface area contributed by atoms with E-state index in [9.17, 15) is 0 Å². The number of aryl methyl sites for hydroxylation is 1. The molecule has 1 aromatic heterocycles. The number of anilines is 1. The molecular weight excluding hydrogens is 420 g/mol. The molecule has 1 atom stereocenters. The number of fused-ring (bicyclic) bond motifs is 1. The van der Waals surface area contributed by atoms with Crippen LogP contribution < -0.4 is 5.32 Å². The van der Waals surface area contributed by atoms with E-state index in [1.807, 2.05) is 43.3 Å². The van der Waals surface area contributed by atoms with Crippen LogP contribution in [-0.4, -0.2) is 10.1 Å². The topological polar surface area (TPSA) is 74.7 Å². The molecule has 0 bridgehead atoms. The van der Waals surface area contributed by atoms with E-state index in [2.05, 4.69) is 72.0 Å². The molecule has 1 N–H and O–H groups in total. The molecule has 1 unspecified atom stereocenters. The van der Waals surface area contributed by atoms with Crippen LogP contribution >= 0.6 is 0 Å². The van der Waals surface area contributed by atoms with Crippen molar-refractivity contribution in [2.45, 2.75) is 26.3 Å². The first-order chi connectivity index (χ1) is 16.6. The van der Waals surface area contributed by atoms with Gasteiger partial charge in [-0.3, -0.25) is 0 Å². The number of nitrogens with zero attached hydrogens (tertiary/aromatic N) is 3. The highest BCUT2D eigenvalue weighted by Gasteiger charge is 2.20. The summed E-state index contributed by atoms with van der Waals surface area (Å²) in [6, 6.07) is 30.5. The SMILES string of the molecule is Cc1ccc(NCc2ccc(C#N)cc2)cc1-c1noc(C(C)c2cccc3ccccc23)n1. The summed E-state index contributed by atoms with van der Waals surface area (Å²) >= 11 is 0. The van der Waals surface area contributed by atoms with Crippen molar-refractivity contribution < 1.29 is 4.52 Å². The molecule has 1 heterocycles. The smallest absolute Gasteiger partial charge is 0.234 e. The highest BCUT2D eigenvalue weighted by molar-refractivity contribution is 5.86. The van der Waals surface area contributed by atoms with Crippen LogP contribution in [0.3, 0.4) is 0 Å². The first-order valence-corrected chi connectivity index (χ1v) is 11.3. The van der Waals surface area contributed by atoms with Crippen LogP contribution in [0.5, 0.6) is 0 Å². The maximum absolute atomic E-state index is 8.96. The normalized spacial score (nSPS) is 11.8. The minimum absolute atomic E-state index is 0.0228. The second-order valence-corrected chi connectivity index (χ2v) is 8.44. The van der Waals surface area contributed by atoms with Crippen molar-refractivity contribution in [2.24, 2.45) is 0 Å². The minimum Gasteiger partial charge on any atom is -0.381 e. The quantitative estimate of drug-likeness (QED) is 0.310. The van der Waals surface area contributed by atoms with E-state index < -0.39 is 0 Å². The second kappa shape index (κ2) is 9.21. The Morgan fingerprint density at radius 3 is 2.59 bits per heavy atom. The lowest BCUT2D eigenvalue weighted by atomic mass is 9.95. The van der Waals surface area contributed by atoms with Gasteiger partial charge in [0.25, 0.3) is 0 Å². The summed E-state index contributed by atoms with van der Waals surface area (Å²) in [5.41, 5.74) is 5.92. The largest absolute Gasteiger partial charge is 0.381 e. The van der Waals surface area contributed by atoms with E-state index >= 15 is 0 Å². The highest BCUT2D eigenvalue weighted by atomic mass is 16.5. The van der Waals surface area contributed by atoms with E-state index in [-0.39, 0.29) is 5.92 Å². The maximum atomic E-state index is 8.96. The lowest BCUT2D eigenvalue weighted by molar-refractivity contribution is 0.371. The molecule has 0 radical (unpaired) electrons. The van der Waals surface area contributed by atoms with Gasteiger partial charge in [0.1, 0.15) is 0 Å². The second-order valence-electron chi connectivity index (χ2n) is 8.44. The molecule has 4 aromatic carbocycles. The first kappa shape index (κ1) is 21.4. The third kappa shape index (κ3) is 4.26. The maximum Gasteiger partial charge on any atom is 0.234 e. The molecule has 5 aromatic rings. The van der Waals surface area contributed by atoms with E-state index in [1.165, 1.54) is 16.3 Å². The van der Waals surface area contributed by atoms with Gasteiger partial charge in [-0.05, 0) is 65.6 Å². The van der Waals surface area contributed by atoms with Gasteiger partial charge in [0.15, 0.2) is 0 Å². The molecular formula is C29H24N4O. The van der Waals surface area contributed by atoms with Crippen LogP contribution in [0.15, 0.2) is 89.5 Å². The minimum atomic E-state index is -0.0228. The summed E-state index contributed by atoms with van der Waals surface area (Å²) in [5, 5.41) is 19.1. The number of rotatable bonds is 6. The molecule has 0 fully saturated rings. The summed E-state index contributed by atoms with van der Waals surface area (Å²) in [6.07, 6.45) is 0. The van der Waals surface area contributed by atoms with Crippen molar-refractivity contribution >= 4 is 16.5 Å². The highest BCUT2D eigenvalue weighted by Crippen LogP contribution is 2.32. The number of nitrogens with one attached hydrogen (secondary N) is 1. The molecule has 0 aliphatic carbocycles. The van der Waals surface area contributed by atoms with Crippen LogP contribution in [0, 0.1) is 18.3 Å². The van der Waals surface area contributed by atoms with Gasteiger partial charge in [-0.25, -0.2) is 0 Å². The molecule has 34 heavy (non-hydrogen) atoms. The Kier molecular flexibility index (Phi) is 5.80. The van der Waals surface area contributed by atoms with E-state index in [4.69, 9.17) is 14.8 Å². The van der Waals surface area contributed by atoms with Gasteiger partial charge in [-0.15, -0.1) is 0 Å². The van der Waals surface area contributed by atoms with Crippen LogP contribution in [0.1, 0.15) is 41.0 Å². The van der Waals surface area contributed by atoms with Gasteiger partial charge in [0, 0.05) is 17.8 Å². The molecule has 0 spiro atoms. The van der Waals surface area contributed by atoms with Crippen LogP contribution in [-0.2, 0) is 6.54 Å². The van der Waals surface area contributed by atoms with Crippen molar-refractivity contribution in [3.63, 3.8) is 0 Å². The number of benzene rings is 4. The summed E-state index contributed by atoms with van der Waals surface area (Å²) < 4.78 is 5.72. The van der Waals surface area contributed by atoms with Crippen LogP contribution in [0.25, 0.3) is 22.2 Å². The summed E-state index contributed by atoms with van der Waals surface area (Å²) in [6.45, 7) is 4.80. The lowest BCUT2D eigenvalue weighted by Crippen LogP contribution is -2.00. The Morgan fingerprint density at radius 2 is 1.76 bits per heavy atom. The Bertz CT molecular complexity index is 1490. The zero-order valence-electron chi connectivity index (χ0n) is 19.1. The summed E-state index contributed by atoms with van der Waals surface area (Å²) in [4.78, 5) is 4.77. The zero-order valence-corrected chi connectivity index (χ0v) is 19.1. The van der Waals surface area contributed by atoms with E-state index in [0.717, 1.165) is 22.4 Å². The van der Waals surface area contributed by atoms with Crippen LogP contribution in [0.4, 0.5) is 5.69 Å². The molecule has 0 aliphatic rings. The molecule has 5 nitrogen and oxygen atoms in total. The van der Waals surface area contributed by atoms with E-state index in [0.29, 0.717) is 23.8 Å². The predicted octanol–water partition coefficient (Wildman–Crippen LogP) is 6.83. The summed E-state index contributed by atoms with van der Waals surface area (Å²) in [7, 11) is 0. The number of hydrogen-bond acceptors (Lipinski definition) is 5.